The standard InChI is InChI=1S/4C5H12.3C4H5NO.C3H3NO.CH4/c4*1-5(2,3)4;1-4-2-6-3-5-4;1-4-2-5-3-6-4;1-4-5-2-3-6-4;1-2-5-3-4-1;/h4*1-4H3;3*2-3H,1H3;1-3H;1H4. The van der Waals surface area contributed by atoms with Crippen LogP contribution in [0.1, 0.15) is 136 Å². The zero-order valence-electron chi connectivity index (χ0n) is 31.1. The number of hydrogen-bond acceptors (Lipinski definition) is 8. The van der Waals surface area contributed by atoms with E-state index in [1.807, 2.05) is 13.8 Å². The van der Waals surface area contributed by atoms with Gasteiger partial charge < -0.3 is 17.7 Å². The quantitative estimate of drug-likeness (QED) is 0.191. The van der Waals surface area contributed by atoms with Gasteiger partial charge in [-0.25, -0.2) is 19.9 Å². The number of rotatable bonds is 0. The first kappa shape index (κ1) is 50.5. The summed E-state index contributed by atoms with van der Waals surface area (Å²) >= 11 is 0. The van der Waals surface area contributed by atoms with Crippen molar-refractivity contribution in [2.75, 3.05) is 0 Å². The molecule has 0 amide bonds. The third kappa shape index (κ3) is 107. The molecular formula is C36H70N4O4. The summed E-state index contributed by atoms with van der Waals surface area (Å²) in [5.41, 5.74) is 2.93. The molecule has 0 fully saturated rings. The van der Waals surface area contributed by atoms with Crippen LogP contribution in [0, 0.1) is 42.4 Å². The van der Waals surface area contributed by atoms with Gasteiger partial charge in [0, 0.05) is 6.92 Å². The van der Waals surface area contributed by atoms with Gasteiger partial charge in [0.05, 0.1) is 24.3 Å². The van der Waals surface area contributed by atoms with Crippen molar-refractivity contribution in [3.63, 3.8) is 0 Å². The van der Waals surface area contributed by atoms with Crippen molar-refractivity contribution in [2.45, 2.75) is 139 Å². The molecule has 0 aliphatic carbocycles. The largest absolute Gasteiger partial charge is 0.452 e. The number of nitrogens with zero attached hydrogens (tertiary/aromatic N) is 4. The van der Waals surface area contributed by atoms with E-state index in [9.17, 15) is 0 Å². The first-order valence-electron chi connectivity index (χ1n) is 14.6. The van der Waals surface area contributed by atoms with Gasteiger partial charge in [-0.2, -0.15) is 0 Å². The van der Waals surface area contributed by atoms with Gasteiger partial charge in [-0.1, -0.05) is 118 Å². The summed E-state index contributed by atoms with van der Waals surface area (Å²) in [5, 5.41) is 0. The lowest BCUT2D eigenvalue weighted by Gasteiger charge is -2.05. The molecule has 0 aliphatic rings. The fourth-order valence-electron chi connectivity index (χ4n) is 1.02. The smallest absolute Gasteiger partial charge is 0.190 e. The molecular weight excluding hydrogens is 552 g/mol. The lowest BCUT2D eigenvalue weighted by atomic mass is 10.0. The number of aromatic nitrogens is 4. The van der Waals surface area contributed by atoms with Crippen molar-refractivity contribution in [1.82, 2.24) is 19.9 Å². The maximum atomic E-state index is 4.72. The molecule has 0 spiro atoms. The van der Waals surface area contributed by atoms with Crippen LogP contribution in [0.5, 0.6) is 0 Å². The summed E-state index contributed by atoms with van der Waals surface area (Å²) < 4.78 is 18.5. The first-order valence-corrected chi connectivity index (χ1v) is 14.6. The van der Waals surface area contributed by atoms with Crippen LogP contribution < -0.4 is 0 Å². The van der Waals surface area contributed by atoms with E-state index in [0.717, 1.165) is 17.3 Å². The Bertz CT molecular complexity index is 831. The predicted molar refractivity (Wildman–Crippen MR) is 187 cm³/mol. The number of oxazole rings is 4. The molecule has 8 nitrogen and oxygen atoms in total. The van der Waals surface area contributed by atoms with Crippen LogP contribution in [0.3, 0.4) is 0 Å². The lowest BCUT2D eigenvalue weighted by Crippen LogP contribution is -1.93. The number of hydrogen-bond donors (Lipinski definition) is 0. The van der Waals surface area contributed by atoms with Crippen LogP contribution in [-0.4, -0.2) is 19.9 Å². The third-order valence-electron chi connectivity index (χ3n) is 2.01. The Morgan fingerprint density at radius 1 is 0.500 bits per heavy atom. The van der Waals surface area contributed by atoms with E-state index < -0.39 is 0 Å². The fourth-order valence-corrected chi connectivity index (χ4v) is 1.02. The molecule has 0 bridgehead atoms. The molecule has 8 heteroatoms. The highest BCUT2D eigenvalue weighted by atomic mass is 16.3. The molecule has 258 valence electrons. The highest BCUT2D eigenvalue weighted by Gasteiger charge is 1.97. The second kappa shape index (κ2) is 27.4. The van der Waals surface area contributed by atoms with Gasteiger partial charge >= 0.3 is 0 Å². The molecule has 4 heterocycles. The molecule has 0 N–H and O–H groups in total. The van der Waals surface area contributed by atoms with E-state index >= 15 is 0 Å². The molecule has 0 atom stereocenters. The van der Waals surface area contributed by atoms with Crippen molar-refractivity contribution in [2.24, 2.45) is 21.7 Å². The summed E-state index contributed by atoms with van der Waals surface area (Å²) in [5.74, 6) is 1.57. The Balaban J connectivity index is -0.000000132. The average Bonchev–Trinajstić information content (AvgIpc) is 3.55. The van der Waals surface area contributed by atoms with Crippen molar-refractivity contribution in [1.29, 1.82) is 0 Å². The van der Waals surface area contributed by atoms with E-state index in [1.54, 1.807) is 38.0 Å². The first-order chi connectivity index (χ1) is 19.2. The summed E-state index contributed by atoms with van der Waals surface area (Å²) in [7, 11) is 0. The van der Waals surface area contributed by atoms with Gasteiger partial charge in [-0.05, 0) is 35.5 Å². The average molecular weight is 623 g/mol. The van der Waals surface area contributed by atoms with Crippen LogP contribution >= 0.6 is 0 Å². The summed E-state index contributed by atoms with van der Waals surface area (Å²) in [6.45, 7) is 40.5. The molecule has 4 aromatic rings. The van der Waals surface area contributed by atoms with Gasteiger partial charge in [0.1, 0.15) is 24.5 Å². The van der Waals surface area contributed by atoms with Crippen LogP contribution in [0.25, 0.3) is 0 Å². The molecule has 0 aromatic carbocycles. The van der Waals surface area contributed by atoms with E-state index in [2.05, 4.69) is 140 Å². The zero-order valence-corrected chi connectivity index (χ0v) is 31.1. The Kier molecular flexibility index (Phi) is 31.4. The normalized spacial score (nSPS) is 9.98. The van der Waals surface area contributed by atoms with E-state index in [0.29, 0.717) is 21.7 Å². The van der Waals surface area contributed by atoms with E-state index in [1.165, 1.54) is 25.4 Å². The summed E-state index contributed by atoms with van der Waals surface area (Å²) in [4.78, 5) is 14.7. The van der Waals surface area contributed by atoms with Crippen LogP contribution in [-0.2, 0) is 0 Å². The van der Waals surface area contributed by atoms with E-state index in [-0.39, 0.29) is 7.43 Å². The van der Waals surface area contributed by atoms with Crippen LogP contribution in [0.15, 0.2) is 74.2 Å². The van der Waals surface area contributed by atoms with Gasteiger partial charge in [0.2, 0.25) is 0 Å². The predicted octanol–water partition coefficient (Wildman–Crippen LogP) is 12.5. The summed E-state index contributed by atoms with van der Waals surface area (Å²) in [6.07, 6.45) is 13.7. The number of aryl methyl sites for hydroxylation is 3. The van der Waals surface area contributed by atoms with Gasteiger partial charge in [-0.15, -0.1) is 0 Å². The Labute approximate surface area is 271 Å². The van der Waals surface area contributed by atoms with Gasteiger partial charge in [0.25, 0.3) is 0 Å². The molecule has 44 heavy (non-hydrogen) atoms. The van der Waals surface area contributed by atoms with Crippen molar-refractivity contribution in [3.8, 4) is 0 Å². The molecule has 0 saturated carbocycles. The Morgan fingerprint density at radius 2 is 0.955 bits per heavy atom. The molecule has 0 saturated heterocycles. The molecule has 4 rings (SSSR count). The maximum absolute atomic E-state index is 4.72. The van der Waals surface area contributed by atoms with Crippen molar-refractivity contribution < 1.29 is 17.7 Å². The summed E-state index contributed by atoms with van der Waals surface area (Å²) in [6, 6.07) is 0. The van der Waals surface area contributed by atoms with Crippen LogP contribution in [0.2, 0.25) is 0 Å². The molecule has 4 aromatic heterocycles. The lowest BCUT2D eigenvalue weighted by molar-refractivity contribution is 0.469. The minimum Gasteiger partial charge on any atom is -0.452 e. The second-order valence-electron chi connectivity index (χ2n) is 16.0. The molecule has 0 radical (unpaired) electrons. The SMILES string of the molecule is C.CC(C)(C)C.CC(C)(C)C.CC(C)(C)C.CC(C)(C)C.Cc1cnco1.Cc1cocn1.Cc1ncco1.c1cocn1. The topological polar surface area (TPSA) is 104 Å². The highest BCUT2D eigenvalue weighted by molar-refractivity contribution is 4.83. The van der Waals surface area contributed by atoms with E-state index in [4.69, 9.17) is 8.83 Å². The van der Waals surface area contributed by atoms with Gasteiger partial charge in [-0.3, -0.25) is 0 Å². The Morgan fingerprint density at radius 3 is 1.05 bits per heavy atom. The second-order valence-corrected chi connectivity index (χ2v) is 16.0. The van der Waals surface area contributed by atoms with Crippen molar-refractivity contribution >= 4 is 0 Å². The van der Waals surface area contributed by atoms with Crippen LogP contribution in [0.4, 0.5) is 0 Å². The zero-order chi connectivity index (χ0) is 34.8. The molecule has 0 aliphatic heterocycles. The highest BCUT2D eigenvalue weighted by Crippen LogP contribution is 2.09. The van der Waals surface area contributed by atoms with Crippen molar-refractivity contribution in [3.05, 3.63) is 73.9 Å². The Hall–Kier alpha value is -3.16. The fraction of sp³-hybridized carbons (Fsp3) is 0.667. The maximum Gasteiger partial charge on any atom is 0.190 e. The minimum absolute atomic E-state index is 0. The van der Waals surface area contributed by atoms with Gasteiger partial charge in [0.15, 0.2) is 25.1 Å². The molecule has 0 unspecified atom stereocenters. The monoisotopic (exact) mass is 623 g/mol. The minimum atomic E-state index is 0. The third-order valence-corrected chi connectivity index (χ3v) is 2.01.